The van der Waals surface area contributed by atoms with Crippen LogP contribution in [0.3, 0.4) is 0 Å². The van der Waals surface area contributed by atoms with Crippen LogP contribution in [0.1, 0.15) is 33.6 Å². The fourth-order valence-electron chi connectivity index (χ4n) is 5.78. The Balaban J connectivity index is 1.47. The van der Waals surface area contributed by atoms with E-state index < -0.39 is 53.0 Å². The van der Waals surface area contributed by atoms with E-state index in [9.17, 15) is 24.6 Å². The number of hydrogen-bond donors (Lipinski definition) is 4. The van der Waals surface area contributed by atoms with Gasteiger partial charge in [0.2, 0.25) is 5.91 Å². The fraction of sp³-hybridized carbons (Fsp3) is 0.412. The van der Waals surface area contributed by atoms with Gasteiger partial charge in [0.05, 0.1) is 37.5 Å². The molecule has 45 heavy (non-hydrogen) atoms. The molecule has 0 spiro atoms. The lowest BCUT2D eigenvalue weighted by molar-refractivity contribution is -0.144. The Bertz CT molecular complexity index is 1610. The van der Waals surface area contributed by atoms with E-state index in [1.54, 1.807) is 7.11 Å². The number of fused-ring (bicyclic) bond motifs is 1. The van der Waals surface area contributed by atoms with Gasteiger partial charge in [0.15, 0.2) is 0 Å². The molecule has 0 unspecified atom stereocenters. The van der Waals surface area contributed by atoms with Crippen LogP contribution in [-0.2, 0) is 9.59 Å². The molecule has 2 aliphatic rings. The highest BCUT2D eigenvalue weighted by molar-refractivity contribution is 5.95. The number of urea groups is 1. The van der Waals surface area contributed by atoms with Crippen LogP contribution in [0.15, 0.2) is 67.3 Å². The van der Waals surface area contributed by atoms with Gasteiger partial charge in [-0.2, -0.15) is 0 Å². The van der Waals surface area contributed by atoms with Gasteiger partial charge in [-0.3, -0.25) is 4.79 Å². The van der Waals surface area contributed by atoms with Crippen LogP contribution < -0.4 is 20.1 Å². The third-order valence-corrected chi connectivity index (χ3v) is 8.72. The second kappa shape index (κ2) is 12.4. The van der Waals surface area contributed by atoms with Crippen molar-refractivity contribution in [1.29, 1.82) is 0 Å². The molecule has 0 radical (unpaired) electrons. The summed E-state index contributed by atoms with van der Waals surface area (Å²) in [6.07, 6.45) is 1.25. The van der Waals surface area contributed by atoms with E-state index in [4.69, 9.17) is 14.5 Å². The van der Waals surface area contributed by atoms with Crippen LogP contribution in [0.4, 0.5) is 4.79 Å². The van der Waals surface area contributed by atoms with E-state index in [-0.39, 0.29) is 26.0 Å². The Hall–Kier alpha value is -4.64. The predicted octanol–water partition coefficient (Wildman–Crippen LogP) is 3.99. The highest BCUT2D eigenvalue weighted by Crippen LogP contribution is 2.45. The van der Waals surface area contributed by atoms with Gasteiger partial charge in [0, 0.05) is 35.4 Å². The van der Waals surface area contributed by atoms with Crippen molar-refractivity contribution in [1.82, 2.24) is 20.5 Å². The number of nitrogens with one attached hydrogen (secondary N) is 2. The minimum atomic E-state index is -1.45. The summed E-state index contributed by atoms with van der Waals surface area (Å²) < 4.78 is 12.0. The Morgan fingerprint density at radius 2 is 1.91 bits per heavy atom. The van der Waals surface area contributed by atoms with Gasteiger partial charge in [-0.05, 0) is 24.0 Å². The molecular formula is C34H40N4O7. The summed E-state index contributed by atoms with van der Waals surface area (Å²) in [5.74, 6) is -0.997. The maximum Gasteiger partial charge on any atom is 0.330 e. The van der Waals surface area contributed by atoms with Crippen molar-refractivity contribution >= 4 is 28.8 Å². The average molecular weight is 617 g/mol. The fourth-order valence-corrected chi connectivity index (χ4v) is 5.78. The zero-order valence-electron chi connectivity index (χ0n) is 25.9. The Morgan fingerprint density at radius 3 is 2.51 bits per heavy atom. The number of likely N-dealkylation sites (tertiary alicyclic amines) is 1. The highest BCUT2D eigenvalue weighted by atomic mass is 16.5. The minimum absolute atomic E-state index is 0.0534. The van der Waals surface area contributed by atoms with Crippen LogP contribution in [0.5, 0.6) is 11.5 Å². The second-order valence-corrected chi connectivity index (χ2v) is 12.8. The number of methoxy groups -OCH3 is 1. The van der Waals surface area contributed by atoms with Gasteiger partial charge >= 0.3 is 12.0 Å². The van der Waals surface area contributed by atoms with Crippen molar-refractivity contribution in [2.24, 2.45) is 11.3 Å². The summed E-state index contributed by atoms with van der Waals surface area (Å²) in [6.45, 7) is 9.12. The summed E-state index contributed by atoms with van der Waals surface area (Å²) in [4.78, 5) is 45.6. The molecule has 11 nitrogen and oxygen atoms in total. The quantitative estimate of drug-likeness (QED) is 0.250. The van der Waals surface area contributed by atoms with E-state index in [1.165, 1.54) is 11.0 Å². The van der Waals surface area contributed by atoms with Crippen molar-refractivity contribution in [3.05, 3.63) is 67.3 Å². The molecule has 2 aromatic carbocycles. The molecular weight excluding hydrogens is 576 g/mol. The number of rotatable bonds is 10. The van der Waals surface area contributed by atoms with Crippen molar-refractivity contribution in [2.75, 3.05) is 20.3 Å². The number of aromatic nitrogens is 1. The maximum atomic E-state index is 13.7. The number of nitrogens with zero attached hydrogens (tertiary/aromatic N) is 2. The zero-order valence-corrected chi connectivity index (χ0v) is 25.9. The van der Waals surface area contributed by atoms with E-state index in [0.29, 0.717) is 22.7 Å². The SMILES string of the molecule is C=C[C@@H]1C[C@]1(NC(=O)[C@@H]1C[C@@H](Oc2cc(-c3ccccc3)nc3cc(OC)ccc23)CN1C(=O)N[C@H](CO)C(C)(C)C)C(=O)O. The first-order valence-electron chi connectivity index (χ1n) is 15.0. The number of carbonyl (C=O) groups excluding carboxylic acids is 2. The van der Waals surface area contributed by atoms with E-state index >= 15 is 0 Å². The lowest BCUT2D eigenvalue weighted by Crippen LogP contribution is -2.57. The number of ether oxygens (including phenoxy) is 2. The molecule has 1 saturated heterocycles. The van der Waals surface area contributed by atoms with Crippen LogP contribution in [0.25, 0.3) is 22.2 Å². The number of aliphatic hydroxyl groups is 1. The summed E-state index contributed by atoms with van der Waals surface area (Å²) in [5, 5.41) is 26.2. The number of benzene rings is 2. The number of hydrogen-bond acceptors (Lipinski definition) is 7. The normalized spacial score (nSPS) is 23.2. The van der Waals surface area contributed by atoms with Crippen LogP contribution >= 0.6 is 0 Å². The number of carboxylic acids is 1. The summed E-state index contributed by atoms with van der Waals surface area (Å²) in [5.41, 5.74) is 0.299. The predicted molar refractivity (Wildman–Crippen MR) is 169 cm³/mol. The monoisotopic (exact) mass is 616 g/mol. The minimum Gasteiger partial charge on any atom is -0.497 e. The molecule has 2 heterocycles. The van der Waals surface area contributed by atoms with Crippen molar-refractivity contribution in [3.63, 3.8) is 0 Å². The molecule has 5 rings (SSSR count). The van der Waals surface area contributed by atoms with Crippen LogP contribution in [-0.4, -0.2) is 82.0 Å². The van der Waals surface area contributed by atoms with Crippen molar-refractivity contribution in [3.8, 4) is 22.8 Å². The third-order valence-electron chi connectivity index (χ3n) is 8.72. The number of carbonyl (C=O) groups is 3. The molecule has 1 aliphatic carbocycles. The molecule has 1 saturated carbocycles. The standard InChI is InChI=1S/C34H40N4O7/c1-6-21-17-34(21,31(41)42)37-30(40)27-15-23(18-38(27)32(43)36-29(19-39)33(2,3)4)45-28-16-25(20-10-8-7-9-11-20)35-26-14-22(44-5)12-13-24(26)28/h6-14,16,21,23,27,29,39H,1,15,17-19H2,2-5H3,(H,36,43)(H,37,40)(H,41,42)/t21-,23-,27+,29-,34-/m1/s1. The molecule has 11 heteroatoms. The Labute approximate surface area is 262 Å². The molecule has 2 fully saturated rings. The van der Waals surface area contributed by atoms with E-state index in [0.717, 1.165) is 10.9 Å². The lowest BCUT2D eigenvalue weighted by atomic mass is 9.87. The van der Waals surface area contributed by atoms with Gasteiger partial charge in [0.1, 0.15) is 29.2 Å². The number of carboxylic acid groups (broad SMARTS) is 1. The van der Waals surface area contributed by atoms with E-state index in [1.807, 2.05) is 75.4 Å². The summed E-state index contributed by atoms with van der Waals surface area (Å²) in [6, 6.07) is 14.8. The topological polar surface area (TPSA) is 150 Å². The number of aliphatic carboxylic acids is 1. The van der Waals surface area contributed by atoms with Crippen LogP contribution in [0, 0.1) is 11.3 Å². The smallest absolute Gasteiger partial charge is 0.330 e. The maximum absolute atomic E-state index is 13.7. The average Bonchev–Trinajstić information content (AvgIpc) is 3.58. The van der Waals surface area contributed by atoms with Gasteiger partial charge in [-0.25, -0.2) is 14.6 Å². The van der Waals surface area contributed by atoms with Gasteiger partial charge in [0.25, 0.3) is 0 Å². The summed E-state index contributed by atoms with van der Waals surface area (Å²) >= 11 is 0. The number of pyridine rings is 1. The van der Waals surface area contributed by atoms with E-state index in [2.05, 4.69) is 17.2 Å². The highest BCUT2D eigenvalue weighted by Gasteiger charge is 2.61. The number of aliphatic hydroxyl groups excluding tert-OH is 1. The lowest BCUT2D eigenvalue weighted by Gasteiger charge is -2.33. The molecule has 238 valence electrons. The summed E-state index contributed by atoms with van der Waals surface area (Å²) in [7, 11) is 1.58. The Kier molecular flexibility index (Phi) is 8.75. The molecule has 5 atom stereocenters. The molecule has 1 aromatic heterocycles. The first-order valence-corrected chi connectivity index (χ1v) is 15.0. The third kappa shape index (κ3) is 6.44. The molecule has 3 aromatic rings. The molecule has 1 aliphatic heterocycles. The second-order valence-electron chi connectivity index (χ2n) is 12.8. The van der Waals surface area contributed by atoms with Crippen LogP contribution in [0.2, 0.25) is 0 Å². The van der Waals surface area contributed by atoms with Gasteiger partial charge < -0.3 is 35.2 Å². The zero-order chi connectivity index (χ0) is 32.5. The van der Waals surface area contributed by atoms with Gasteiger partial charge in [-0.15, -0.1) is 6.58 Å². The molecule has 4 N–H and O–H groups in total. The molecule has 0 bridgehead atoms. The molecule has 3 amide bonds. The van der Waals surface area contributed by atoms with Crippen molar-refractivity contribution in [2.45, 2.75) is 57.3 Å². The van der Waals surface area contributed by atoms with Gasteiger partial charge in [-0.1, -0.05) is 57.2 Å². The largest absolute Gasteiger partial charge is 0.497 e. The Morgan fingerprint density at radius 1 is 1.18 bits per heavy atom. The first kappa shape index (κ1) is 31.8. The van der Waals surface area contributed by atoms with Crippen molar-refractivity contribution < 1.29 is 34.1 Å². The first-order chi connectivity index (χ1) is 21.4. The number of amides is 3.